The molecule has 0 spiro atoms. The van der Waals surface area contributed by atoms with Crippen LogP contribution in [0.15, 0.2) is 22.9 Å². The molecule has 1 amide bonds. The summed E-state index contributed by atoms with van der Waals surface area (Å²) in [5.74, 6) is -0.535. The van der Waals surface area contributed by atoms with E-state index >= 15 is 0 Å². The zero-order chi connectivity index (χ0) is 11.2. The molecule has 1 aliphatic rings. The van der Waals surface area contributed by atoms with Crippen molar-refractivity contribution in [2.24, 2.45) is 0 Å². The molecule has 0 aliphatic carbocycles. The monoisotopic (exact) mass is 270 g/mol. The van der Waals surface area contributed by atoms with E-state index in [2.05, 4.69) is 33.1 Å². The van der Waals surface area contributed by atoms with Crippen molar-refractivity contribution < 1.29 is 9.18 Å². The first-order valence-corrected chi connectivity index (χ1v) is 5.06. The van der Waals surface area contributed by atoms with Crippen LogP contribution in [-0.4, -0.2) is 5.91 Å². The van der Waals surface area contributed by atoms with Crippen LogP contribution in [-0.2, 0) is 0 Å². The number of carbonyl (C=O) groups is 1. The number of aryl methyl sites for hydroxylation is 1. The van der Waals surface area contributed by atoms with Gasteiger partial charge in [0.2, 0.25) is 0 Å². The standard InChI is InChI=1S/C10H8BrFN2O/c1-4-3-6(12)9-7(8(4)11)10(15)14-5(2)13-9/h3,13H,2H2,1H3,(H,14,15). The normalized spacial score (nSPS) is 14.3. The lowest BCUT2D eigenvalue weighted by molar-refractivity contribution is 0.0962. The van der Waals surface area contributed by atoms with Gasteiger partial charge in [-0.05, 0) is 34.5 Å². The number of amides is 1. The van der Waals surface area contributed by atoms with Gasteiger partial charge in [0.25, 0.3) is 5.91 Å². The summed E-state index contributed by atoms with van der Waals surface area (Å²) in [6.45, 7) is 5.26. The van der Waals surface area contributed by atoms with Crippen LogP contribution in [0, 0.1) is 12.7 Å². The van der Waals surface area contributed by atoms with Gasteiger partial charge in [0.1, 0.15) is 11.6 Å². The Hall–Kier alpha value is -1.36. The van der Waals surface area contributed by atoms with Crippen LogP contribution < -0.4 is 10.6 Å². The summed E-state index contributed by atoms with van der Waals surface area (Å²) < 4.78 is 14.1. The van der Waals surface area contributed by atoms with E-state index in [1.54, 1.807) is 6.92 Å². The van der Waals surface area contributed by atoms with Crippen LogP contribution in [0.3, 0.4) is 0 Å². The molecule has 0 saturated heterocycles. The second-order valence-electron chi connectivity index (χ2n) is 3.30. The third-order valence-corrected chi connectivity index (χ3v) is 3.19. The topological polar surface area (TPSA) is 41.1 Å². The molecule has 0 atom stereocenters. The molecular weight excluding hydrogens is 263 g/mol. The number of anilines is 1. The molecule has 1 aromatic rings. The van der Waals surface area contributed by atoms with Gasteiger partial charge < -0.3 is 10.6 Å². The molecule has 1 aliphatic heterocycles. The number of hydrogen-bond donors (Lipinski definition) is 2. The Kier molecular flexibility index (Phi) is 2.26. The van der Waals surface area contributed by atoms with Crippen molar-refractivity contribution in [1.29, 1.82) is 0 Å². The summed E-state index contributed by atoms with van der Waals surface area (Å²) >= 11 is 3.26. The molecule has 15 heavy (non-hydrogen) atoms. The van der Waals surface area contributed by atoms with Crippen molar-refractivity contribution in [2.75, 3.05) is 5.32 Å². The minimum absolute atomic E-state index is 0.168. The number of carbonyl (C=O) groups excluding carboxylic acids is 1. The van der Waals surface area contributed by atoms with Crippen LogP contribution in [0.4, 0.5) is 10.1 Å². The molecule has 2 N–H and O–H groups in total. The van der Waals surface area contributed by atoms with E-state index in [4.69, 9.17) is 0 Å². The lowest BCUT2D eigenvalue weighted by Crippen LogP contribution is -2.33. The van der Waals surface area contributed by atoms with Gasteiger partial charge in [-0.15, -0.1) is 0 Å². The van der Waals surface area contributed by atoms with Crippen LogP contribution in [0.5, 0.6) is 0 Å². The number of nitrogens with one attached hydrogen (secondary N) is 2. The molecule has 1 aromatic carbocycles. The summed E-state index contributed by atoms with van der Waals surface area (Å²) in [4.78, 5) is 11.6. The third-order valence-electron chi connectivity index (χ3n) is 2.17. The third kappa shape index (κ3) is 1.52. The Morgan fingerprint density at radius 1 is 1.47 bits per heavy atom. The van der Waals surface area contributed by atoms with E-state index in [1.165, 1.54) is 6.07 Å². The Morgan fingerprint density at radius 3 is 2.80 bits per heavy atom. The Balaban J connectivity index is 2.74. The van der Waals surface area contributed by atoms with E-state index in [9.17, 15) is 9.18 Å². The van der Waals surface area contributed by atoms with E-state index in [-0.39, 0.29) is 23.0 Å². The number of rotatable bonds is 0. The number of benzene rings is 1. The van der Waals surface area contributed by atoms with E-state index in [0.717, 1.165) is 0 Å². The van der Waals surface area contributed by atoms with Gasteiger partial charge in [0, 0.05) is 4.47 Å². The second-order valence-corrected chi connectivity index (χ2v) is 4.09. The van der Waals surface area contributed by atoms with Gasteiger partial charge in [-0.3, -0.25) is 4.79 Å². The number of halogens is 2. The van der Waals surface area contributed by atoms with Crippen LogP contribution in [0.2, 0.25) is 0 Å². The summed E-state index contributed by atoms with van der Waals surface area (Å²) in [5, 5.41) is 5.18. The van der Waals surface area contributed by atoms with E-state index in [1.807, 2.05) is 0 Å². The minimum Gasteiger partial charge on any atom is -0.339 e. The highest BCUT2D eigenvalue weighted by atomic mass is 79.9. The lowest BCUT2D eigenvalue weighted by atomic mass is 10.1. The molecule has 0 radical (unpaired) electrons. The Morgan fingerprint density at radius 2 is 2.13 bits per heavy atom. The molecule has 78 valence electrons. The summed E-state index contributed by atoms with van der Waals surface area (Å²) in [5.41, 5.74) is 1.12. The molecule has 0 aromatic heterocycles. The average molecular weight is 271 g/mol. The molecule has 0 fully saturated rings. The van der Waals surface area contributed by atoms with Crippen molar-refractivity contribution in [2.45, 2.75) is 6.92 Å². The zero-order valence-corrected chi connectivity index (χ0v) is 9.53. The first kappa shape index (κ1) is 10.2. The molecule has 0 bridgehead atoms. The predicted octanol–water partition coefficient (Wildman–Crippen LogP) is 2.52. The smallest absolute Gasteiger partial charge is 0.260 e. The quantitative estimate of drug-likeness (QED) is 0.761. The minimum atomic E-state index is -0.457. The highest BCUT2D eigenvalue weighted by Crippen LogP contribution is 2.33. The fourth-order valence-electron chi connectivity index (χ4n) is 1.47. The highest BCUT2D eigenvalue weighted by Gasteiger charge is 2.25. The summed E-state index contributed by atoms with van der Waals surface area (Å²) in [6, 6.07) is 1.36. The first-order chi connectivity index (χ1) is 7.00. The van der Waals surface area contributed by atoms with Gasteiger partial charge >= 0.3 is 0 Å². The van der Waals surface area contributed by atoms with Crippen molar-refractivity contribution in [3.05, 3.63) is 39.9 Å². The molecule has 1 heterocycles. The Labute approximate surface area is 94.5 Å². The van der Waals surface area contributed by atoms with Gasteiger partial charge in [-0.2, -0.15) is 0 Å². The summed E-state index contributed by atoms with van der Waals surface area (Å²) in [6.07, 6.45) is 0. The largest absolute Gasteiger partial charge is 0.339 e. The first-order valence-electron chi connectivity index (χ1n) is 4.26. The van der Waals surface area contributed by atoms with Crippen LogP contribution >= 0.6 is 15.9 Å². The fourth-order valence-corrected chi connectivity index (χ4v) is 1.96. The molecule has 5 heteroatoms. The SMILES string of the molecule is C=C1NC(=O)c2c(Br)c(C)cc(F)c2N1. The maximum atomic E-state index is 13.6. The molecular formula is C10H8BrFN2O. The molecule has 0 unspecified atom stereocenters. The molecule has 0 saturated carbocycles. The van der Waals surface area contributed by atoms with E-state index in [0.29, 0.717) is 10.0 Å². The predicted molar refractivity (Wildman–Crippen MR) is 59.1 cm³/mol. The lowest BCUT2D eigenvalue weighted by Gasteiger charge is -2.22. The summed E-state index contributed by atoms with van der Waals surface area (Å²) in [7, 11) is 0. The maximum absolute atomic E-state index is 13.6. The van der Waals surface area contributed by atoms with Gasteiger partial charge in [-0.25, -0.2) is 4.39 Å². The van der Waals surface area contributed by atoms with Gasteiger partial charge in [0.15, 0.2) is 0 Å². The Bertz CT molecular complexity index is 485. The fraction of sp³-hybridized carbons (Fsp3) is 0.100. The second kappa shape index (κ2) is 3.34. The van der Waals surface area contributed by atoms with Crippen molar-refractivity contribution in [3.8, 4) is 0 Å². The van der Waals surface area contributed by atoms with Gasteiger partial charge in [-0.1, -0.05) is 6.58 Å². The van der Waals surface area contributed by atoms with Gasteiger partial charge in [0.05, 0.1) is 11.3 Å². The van der Waals surface area contributed by atoms with Crippen LogP contribution in [0.1, 0.15) is 15.9 Å². The maximum Gasteiger partial charge on any atom is 0.260 e. The van der Waals surface area contributed by atoms with E-state index < -0.39 is 5.82 Å². The number of hydrogen-bond acceptors (Lipinski definition) is 2. The highest BCUT2D eigenvalue weighted by molar-refractivity contribution is 9.10. The van der Waals surface area contributed by atoms with Crippen molar-refractivity contribution >= 4 is 27.5 Å². The average Bonchev–Trinajstić information content (AvgIpc) is 2.13. The zero-order valence-electron chi connectivity index (χ0n) is 7.95. The molecule has 2 rings (SSSR count). The van der Waals surface area contributed by atoms with Crippen molar-refractivity contribution in [3.63, 3.8) is 0 Å². The molecule has 3 nitrogen and oxygen atoms in total. The van der Waals surface area contributed by atoms with Crippen molar-refractivity contribution in [1.82, 2.24) is 5.32 Å². The number of fused-ring (bicyclic) bond motifs is 1. The van der Waals surface area contributed by atoms with Crippen LogP contribution in [0.25, 0.3) is 0 Å².